The lowest BCUT2D eigenvalue weighted by Crippen LogP contribution is -2.27. The highest BCUT2D eigenvalue weighted by Crippen LogP contribution is 2.44. The quantitative estimate of drug-likeness (QED) is 0.0892. The topological polar surface area (TPSA) is 116 Å². The van der Waals surface area contributed by atoms with E-state index in [1.54, 1.807) is 0 Å². The number of nitrogens with zero attached hydrogens (tertiary/aromatic N) is 1. The minimum absolute atomic E-state index is 0.178. The number of carboxylic acids is 1. The van der Waals surface area contributed by atoms with Crippen molar-refractivity contribution in [2.24, 2.45) is 0 Å². The zero-order valence-corrected chi connectivity index (χ0v) is 22.4. The van der Waals surface area contributed by atoms with Gasteiger partial charge in [-0.05, 0) is 55.7 Å². The zero-order chi connectivity index (χ0) is 26.7. The van der Waals surface area contributed by atoms with E-state index in [-0.39, 0.29) is 11.8 Å². The highest BCUT2D eigenvalue weighted by atomic mass is 32.2. The molecule has 10 nitrogen and oxygen atoms in total. The van der Waals surface area contributed by atoms with Crippen LogP contribution in [0.25, 0.3) is 10.8 Å². The molecule has 0 fully saturated rings. The number of carbonyl (C=O) groups is 1. The number of aliphatic carboxylic acids is 1. The fraction of sp³-hybridized carbons (Fsp3) is 0.538. The van der Waals surface area contributed by atoms with Gasteiger partial charge in [0, 0.05) is 35.7 Å². The summed E-state index contributed by atoms with van der Waals surface area (Å²) in [5, 5.41) is 22.9. The summed E-state index contributed by atoms with van der Waals surface area (Å²) in [6.45, 7) is 9.71. The Morgan fingerprint density at radius 2 is 1.62 bits per heavy atom. The Kier molecular flexibility index (Phi) is 11.6. The number of hydrogen-bond acceptors (Lipinski definition) is 9. The second kappa shape index (κ2) is 14.6. The fourth-order valence-corrected chi connectivity index (χ4v) is 4.63. The highest BCUT2D eigenvalue weighted by Gasteiger charge is 2.46. The molecule has 1 heterocycles. The standard InChI is InChI=1S/C26H35NO9S/c1-19-26(2,3)25-22-9-8-21(37-36-35-30)18-20(22)7-10-23(25)27(19)34-17-16-33-15-14-32-13-12-31-11-5-4-6-24(28)29/h7-10,18H,4-6,11-17H2,1-3H3,(H-,28,29,30)/p+1. The SMILES string of the molecule is CC1=[N+](OCCOCCOCCOCCCCC(=O)O)c2ccc3cc(SOOO)ccc3c2C1(C)C. The third-order valence-corrected chi connectivity index (χ3v) is 6.88. The minimum atomic E-state index is -0.776. The van der Waals surface area contributed by atoms with Crippen molar-refractivity contribution in [3.05, 3.63) is 35.9 Å². The van der Waals surface area contributed by atoms with Gasteiger partial charge in [-0.2, -0.15) is 0 Å². The van der Waals surface area contributed by atoms with E-state index in [0.29, 0.717) is 52.7 Å². The maximum absolute atomic E-state index is 10.4. The first-order valence-corrected chi connectivity index (χ1v) is 13.0. The highest BCUT2D eigenvalue weighted by molar-refractivity contribution is 7.94. The van der Waals surface area contributed by atoms with Gasteiger partial charge in [-0.25, -0.2) is 5.26 Å². The predicted molar refractivity (Wildman–Crippen MR) is 138 cm³/mol. The number of carboxylic acid groups (broad SMARTS) is 1. The molecule has 0 atom stereocenters. The van der Waals surface area contributed by atoms with Crippen molar-refractivity contribution in [3.63, 3.8) is 0 Å². The third-order valence-electron chi connectivity index (χ3n) is 6.30. The number of ether oxygens (including phenoxy) is 3. The van der Waals surface area contributed by atoms with Crippen LogP contribution < -0.4 is 0 Å². The number of fused-ring (bicyclic) bond motifs is 3. The summed E-state index contributed by atoms with van der Waals surface area (Å²) in [7, 11) is 0. The third kappa shape index (κ3) is 8.11. The van der Waals surface area contributed by atoms with E-state index in [4.69, 9.17) is 29.4 Å². The second-order valence-corrected chi connectivity index (χ2v) is 9.87. The van der Waals surface area contributed by atoms with Gasteiger partial charge in [0.1, 0.15) is 0 Å². The zero-order valence-electron chi connectivity index (χ0n) is 21.6. The first-order chi connectivity index (χ1) is 17.9. The van der Waals surface area contributed by atoms with Crippen LogP contribution in [0.15, 0.2) is 35.2 Å². The molecule has 204 valence electrons. The van der Waals surface area contributed by atoms with Gasteiger partial charge in [0.15, 0.2) is 6.61 Å². The van der Waals surface area contributed by atoms with Gasteiger partial charge >= 0.3 is 5.97 Å². The molecule has 1 aliphatic rings. The normalized spacial score (nSPS) is 14.4. The summed E-state index contributed by atoms with van der Waals surface area (Å²) in [5.41, 5.74) is 3.08. The number of rotatable bonds is 18. The Morgan fingerprint density at radius 3 is 2.30 bits per heavy atom. The largest absolute Gasteiger partial charge is 0.481 e. The van der Waals surface area contributed by atoms with E-state index in [1.165, 1.54) is 5.56 Å². The average Bonchev–Trinajstić information content (AvgIpc) is 3.07. The van der Waals surface area contributed by atoms with Gasteiger partial charge in [0.2, 0.25) is 5.71 Å². The van der Waals surface area contributed by atoms with Gasteiger partial charge in [-0.1, -0.05) is 11.1 Å². The first-order valence-electron chi connectivity index (χ1n) is 12.3. The average molecular weight is 539 g/mol. The molecule has 0 amide bonds. The van der Waals surface area contributed by atoms with Crippen LogP contribution in [0.3, 0.4) is 0 Å². The summed E-state index contributed by atoms with van der Waals surface area (Å²) >= 11 is 0.939. The van der Waals surface area contributed by atoms with Gasteiger partial charge < -0.3 is 19.3 Å². The maximum Gasteiger partial charge on any atom is 0.303 e. The van der Waals surface area contributed by atoms with Crippen molar-refractivity contribution in [2.75, 3.05) is 46.2 Å². The fourth-order valence-electron chi connectivity index (χ4n) is 4.22. The Balaban J connectivity index is 1.40. The molecule has 3 rings (SSSR count). The first kappa shape index (κ1) is 29.3. The molecule has 0 spiro atoms. The lowest BCUT2D eigenvalue weighted by atomic mass is 9.80. The molecule has 1 aliphatic heterocycles. The lowest BCUT2D eigenvalue weighted by molar-refractivity contribution is -0.728. The van der Waals surface area contributed by atoms with Crippen molar-refractivity contribution < 1.29 is 48.3 Å². The van der Waals surface area contributed by atoms with Gasteiger partial charge in [0.05, 0.1) is 56.1 Å². The smallest absolute Gasteiger partial charge is 0.303 e. The Bertz CT molecular complexity index is 1070. The van der Waals surface area contributed by atoms with Crippen LogP contribution >= 0.6 is 12.0 Å². The summed E-state index contributed by atoms with van der Waals surface area (Å²) < 4.78 is 23.0. The van der Waals surface area contributed by atoms with Gasteiger partial charge in [-0.15, -0.1) is 4.33 Å². The van der Waals surface area contributed by atoms with Crippen LogP contribution in [0.4, 0.5) is 5.69 Å². The summed E-state index contributed by atoms with van der Waals surface area (Å²) in [4.78, 5) is 17.4. The number of hydrogen-bond donors (Lipinski definition) is 2. The number of benzene rings is 2. The van der Waals surface area contributed by atoms with E-state index >= 15 is 0 Å². The van der Waals surface area contributed by atoms with E-state index in [2.05, 4.69) is 36.2 Å². The molecule has 0 unspecified atom stereocenters. The van der Waals surface area contributed by atoms with Crippen LogP contribution in [0, 0.1) is 0 Å². The Morgan fingerprint density at radius 1 is 0.946 bits per heavy atom. The Labute approximate surface area is 221 Å². The van der Waals surface area contributed by atoms with Crippen LogP contribution in [-0.2, 0) is 38.6 Å². The van der Waals surface area contributed by atoms with E-state index in [1.807, 2.05) is 29.0 Å². The van der Waals surface area contributed by atoms with Crippen LogP contribution in [0.5, 0.6) is 0 Å². The van der Waals surface area contributed by atoms with Crippen LogP contribution in [0.2, 0.25) is 0 Å². The molecule has 37 heavy (non-hydrogen) atoms. The summed E-state index contributed by atoms with van der Waals surface area (Å²) in [6, 6.07) is 10.0. The monoisotopic (exact) mass is 538 g/mol. The second-order valence-electron chi connectivity index (χ2n) is 9.09. The van der Waals surface area contributed by atoms with Gasteiger partial charge in [0.25, 0.3) is 5.69 Å². The molecule has 11 heteroatoms. The van der Waals surface area contributed by atoms with Crippen molar-refractivity contribution in [1.82, 2.24) is 0 Å². The molecule has 2 aromatic rings. The molecular weight excluding hydrogens is 502 g/mol. The number of unbranched alkanes of at least 4 members (excludes halogenated alkanes) is 1. The van der Waals surface area contributed by atoms with E-state index in [0.717, 1.165) is 45.5 Å². The minimum Gasteiger partial charge on any atom is -0.481 e. The molecular formula is C26H36NO9S+. The molecule has 2 aromatic carbocycles. The molecule has 0 saturated carbocycles. The van der Waals surface area contributed by atoms with E-state index in [9.17, 15) is 4.79 Å². The van der Waals surface area contributed by atoms with Crippen molar-refractivity contribution in [3.8, 4) is 0 Å². The van der Waals surface area contributed by atoms with Crippen LogP contribution in [-0.4, -0.2) is 73.0 Å². The lowest BCUT2D eigenvalue weighted by Gasteiger charge is -2.16. The molecule has 0 aliphatic carbocycles. The molecule has 2 N–H and O–H groups in total. The Hall–Kier alpha value is -2.25. The molecule has 0 saturated heterocycles. The molecule has 0 aromatic heterocycles. The van der Waals surface area contributed by atoms with Crippen LogP contribution in [0.1, 0.15) is 45.6 Å². The van der Waals surface area contributed by atoms with Gasteiger partial charge in [-0.3, -0.25) is 9.63 Å². The molecule has 0 radical (unpaired) electrons. The summed E-state index contributed by atoms with van der Waals surface area (Å²) in [6.07, 6.45) is 1.54. The van der Waals surface area contributed by atoms with Crippen molar-refractivity contribution in [1.29, 1.82) is 0 Å². The van der Waals surface area contributed by atoms with Crippen molar-refractivity contribution >= 4 is 40.2 Å². The summed E-state index contributed by atoms with van der Waals surface area (Å²) in [5.74, 6) is -0.776. The predicted octanol–water partition coefficient (Wildman–Crippen LogP) is 4.90. The van der Waals surface area contributed by atoms with Crippen molar-refractivity contribution in [2.45, 2.75) is 50.3 Å². The van der Waals surface area contributed by atoms with E-state index < -0.39 is 5.97 Å². The maximum atomic E-state index is 10.4. The molecule has 0 bridgehead atoms.